The fraction of sp³-hybridized carbons (Fsp3) is 0.923. The number of ether oxygens (including phenoxy) is 1. The van der Waals surface area contributed by atoms with Crippen molar-refractivity contribution in [3.05, 3.63) is 0 Å². The molecule has 6 nitrogen and oxygen atoms in total. The normalized spacial score (nSPS) is 38.2. The minimum absolute atomic E-state index is 0.236. The topological polar surface area (TPSA) is 90.2 Å². The van der Waals surface area contributed by atoms with Gasteiger partial charge in [0.25, 0.3) is 0 Å². The molecule has 0 aromatic heterocycles. The number of aliphatic hydroxyl groups is 3. The fourth-order valence-corrected chi connectivity index (χ4v) is 3.08. The van der Waals surface area contributed by atoms with E-state index in [1.54, 1.807) is 0 Å². The number of carbonyl (C=O) groups excluding carboxylic acids is 1. The molecular weight excluding hydrogens is 250 g/mol. The van der Waals surface area contributed by atoms with Crippen LogP contribution < -0.4 is 0 Å². The summed E-state index contributed by atoms with van der Waals surface area (Å²) in [6.07, 6.45) is 1.46. The molecule has 0 spiro atoms. The average Bonchev–Trinajstić information content (AvgIpc) is 2.68. The number of piperidine rings is 1. The summed E-state index contributed by atoms with van der Waals surface area (Å²) in [4.78, 5) is 13.3. The van der Waals surface area contributed by atoms with Crippen molar-refractivity contribution in [1.29, 1.82) is 0 Å². The van der Waals surface area contributed by atoms with Gasteiger partial charge in [-0.3, -0.25) is 4.90 Å². The van der Waals surface area contributed by atoms with Gasteiger partial charge in [-0.05, 0) is 12.8 Å². The second kappa shape index (κ2) is 6.07. The van der Waals surface area contributed by atoms with E-state index in [1.165, 1.54) is 4.90 Å². The van der Waals surface area contributed by atoms with Gasteiger partial charge in [-0.25, -0.2) is 4.79 Å². The molecular formula is C13H23NO5. The van der Waals surface area contributed by atoms with Crippen molar-refractivity contribution in [2.75, 3.05) is 6.61 Å². The maximum Gasteiger partial charge on any atom is 0.410 e. The van der Waals surface area contributed by atoms with Crippen molar-refractivity contribution in [2.24, 2.45) is 0 Å². The van der Waals surface area contributed by atoms with Crippen LogP contribution in [-0.4, -0.2) is 63.3 Å². The van der Waals surface area contributed by atoms with Gasteiger partial charge in [0.05, 0.1) is 24.8 Å². The van der Waals surface area contributed by atoms with Crippen molar-refractivity contribution in [2.45, 2.75) is 69.4 Å². The molecule has 6 heteroatoms. The first kappa shape index (κ1) is 14.6. The first-order chi connectivity index (χ1) is 9.10. The number of hydrogen-bond donors (Lipinski definition) is 3. The fourth-order valence-electron chi connectivity index (χ4n) is 3.08. The summed E-state index contributed by atoms with van der Waals surface area (Å²) in [5, 5.41) is 29.0. The highest BCUT2D eigenvalue weighted by molar-refractivity contribution is 5.71. The van der Waals surface area contributed by atoms with Crippen LogP contribution in [0.4, 0.5) is 4.79 Å². The van der Waals surface area contributed by atoms with Gasteiger partial charge >= 0.3 is 6.09 Å². The summed E-state index contributed by atoms with van der Waals surface area (Å²) >= 11 is 0. The number of aliphatic hydroxyl groups excluding tert-OH is 3. The van der Waals surface area contributed by atoms with Crippen molar-refractivity contribution in [1.82, 2.24) is 4.90 Å². The Morgan fingerprint density at radius 3 is 2.74 bits per heavy atom. The Labute approximate surface area is 113 Å². The number of hydrogen-bond acceptors (Lipinski definition) is 5. The first-order valence-electron chi connectivity index (χ1n) is 7.06. The lowest BCUT2D eigenvalue weighted by molar-refractivity contribution is -0.0907. The smallest absolute Gasteiger partial charge is 0.410 e. The van der Waals surface area contributed by atoms with E-state index in [0.717, 1.165) is 25.7 Å². The van der Waals surface area contributed by atoms with E-state index in [2.05, 4.69) is 6.92 Å². The highest BCUT2D eigenvalue weighted by Crippen LogP contribution is 2.34. The zero-order valence-electron chi connectivity index (χ0n) is 11.2. The molecule has 2 rings (SSSR count). The monoisotopic (exact) mass is 273 g/mol. The summed E-state index contributed by atoms with van der Waals surface area (Å²) in [5.41, 5.74) is 0. The van der Waals surface area contributed by atoms with Gasteiger partial charge in [-0.15, -0.1) is 0 Å². The van der Waals surface area contributed by atoms with Gasteiger partial charge in [0.15, 0.2) is 0 Å². The molecule has 2 fully saturated rings. The summed E-state index contributed by atoms with van der Waals surface area (Å²) < 4.78 is 5.34. The van der Waals surface area contributed by atoms with Gasteiger partial charge in [0, 0.05) is 6.42 Å². The molecule has 0 aromatic rings. The quantitative estimate of drug-likeness (QED) is 0.624. The number of unbranched alkanes of at least 4 members (excludes halogenated alkanes) is 2. The number of rotatable bonds is 5. The summed E-state index contributed by atoms with van der Waals surface area (Å²) in [6, 6.07) is -1.00. The van der Waals surface area contributed by atoms with Gasteiger partial charge in [-0.2, -0.15) is 0 Å². The molecule has 5 atom stereocenters. The highest BCUT2D eigenvalue weighted by atomic mass is 16.6. The van der Waals surface area contributed by atoms with E-state index in [-0.39, 0.29) is 18.8 Å². The van der Waals surface area contributed by atoms with Crippen LogP contribution in [0.15, 0.2) is 0 Å². The van der Waals surface area contributed by atoms with E-state index in [9.17, 15) is 20.1 Å². The largest absolute Gasteiger partial charge is 0.444 e. The number of amides is 1. The van der Waals surface area contributed by atoms with Crippen LogP contribution in [0.25, 0.3) is 0 Å². The molecule has 0 aliphatic carbocycles. The maximum atomic E-state index is 11.9. The van der Waals surface area contributed by atoms with Crippen LogP contribution in [0, 0.1) is 0 Å². The Balaban J connectivity index is 2.07. The van der Waals surface area contributed by atoms with Crippen LogP contribution in [0.5, 0.6) is 0 Å². The zero-order valence-corrected chi connectivity index (χ0v) is 11.2. The zero-order chi connectivity index (χ0) is 14.0. The number of carbonyl (C=O) groups is 1. The predicted molar refractivity (Wildman–Crippen MR) is 67.5 cm³/mol. The molecule has 0 saturated carbocycles. The lowest BCUT2D eigenvalue weighted by Gasteiger charge is -2.41. The second-order valence-corrected chi connectivity index (χ2v) is 5.44. The molecule has 0 aromatic carbocycles. The Bertz CT molecular complexity index is 324. The van der Waals surface area contributed by atoms with E-state index >= 15 is 0 Å². The van der Waals surface area contributed by atoms with E-state index < -0.39 is 24.3 Å². The molecule has 0 radical (unpaired) electrons. The van der Waals surface area contributed by atoms with E-state index in [0.29, 0.717) is 6.42 Å². The average molecular weight is 273 g/mol. The third kappa shape index (κ3) is 2.70. The molecule has 2 saturated heterocycles. The molecule has 110 valence electrons. The summed E-state index contributed by atoms with van der Waals surface area (Å²) in [6.45, 7) is 1.74. The van der Waals surface area contributed by atoms with Crippen molar-refractivity contribution < 1.29 is 24.9 Å². The van der Waals surface area contributed by atoms with E-state index in [4.69, 9.17) is 4.74 Å². The van der Waals surface area contributed by atoms with Crippen molar-refractivity contribution >= 4 is 6.09 Å². The Morgan fingerprint density at radius 2 is 2.11 bits per heavy atom. The van der Waals surface area contributed by atoms with Crippen LogP contribution in [0.2, 0.25) is 0 Å². The Hall–Kier alpha value is -0.850. The number of nitrogens with zero attached hydrogens (tertiary/aromatic N) is 1. The molecule has 2 aliphatic rings. The minimum atomic E-state index is -1.11. The minimum Gasteiger partial charge on any atom is -0.444 e. The molecule has 3 N–H and O–H groups in total. The molecule has 0 bridgehead atoms. The predicted octanol–water partition coefficient (Wildman–Crippen LogP) is 0.243. The Morgan fingerprint density at radius 1 is 1.37 bits per heavy atom. The molecule has 19 heavy (non-hydrogen) atoms. The lowest BCUT2D eigenvalue weighted by Crippen LogP contribution is -2.60. The standard InChI is InChI=1S/C13H23NO5/c1-2-3-4-5-11-8-6-10(16)12(17)9(7-15)14(8)13(18)19-11/h8-12,15-17H,2-7H2,1H3/t8-,9-,10+,11-,12-/m1/s1. The maximum absolute atomic E-state index is 11.9. The van der Waals surface area contributed by atoms with Gasteiger partial charge < -0.3 is 20.1 Å². The van der Waals surface area contributed by atoms with Gasteiger partial charge in [-0.1, -0.05) is 19.8 Å². The van der Waals surface area contributed by atoms with Crippen molar-refractivity contribution in [3.63, 3.8) is 0 Å². The Kier molecular flexibility index (Phi) is 4.65. The van der Waals surface area contributed by atoms with Gasteiger partial charge in [0.2, 0.25) is 0 Å². The summed E-state index contributed by atoms with van der Waals surface area (Å²) in [5.74, 6) is 0. The van der Waals surface area contributed by atoms with Gasteiger partial charge in [0.1, 0.15) is 12.2 Å². The number of cyclic esters (lactones) is 1. The molecule has 0 unspecified atom stereocenters. The van der Waals surface area contributed by atoms with Crippen LogP contribution in [0.1, 0.15) is 39.0 Å². The molecule has 2 aliphatic heterocycles. The lowest BCUT2D eigenvalue weighted by atomic mass is 9.88. The van der Waals surface area contributed by atoms with E-state index in [1.807, 2.05) is 0 Å². The SMILES string of the molecule is CCCCC[C@H]1OC(=O)N2[C@H](CO)[C@@H](O)[C@@H](O)C[C@H]12. The highest BCUT2D eigenvalue weighted by Gasteiger charge is 2.52. The second-order valence-electron chi connectivity index (χ2n) is 5.44. The third-order valence-electron chi connectivity index (χ3n) is 4.16. The van der Waals surface area contributed by atoms with Crippen LogP contribution >= 0.6 is 0 Å². The van der Waals surface area contributed by atoms with Crippen molar-refractivity contribution in [3.8, 4) is 0 Å². The van der Waals surface area contributed by atoms with Crippen LogP contribution in [0.3, 0.4) is 0 Å². The molecule has 2 heterocycles. The summed E-state index contributed by atoms with van der Waals surface area (Å²) in [7, 11) is 0. The number of fused-ring (bicyclic) bond motifs is 1. The molecule has 1 amide bonds. The first-order valence-corrected chi connectivity index (χ1v) is 7.06. The van der Waals surface area contributed by atoms with Crippen LogP contribution in [-0.2, 0) is 4.74 Å². The third-order valence-corrected chi connectivity index (χ3v) is 4.16.